The first-order chi connectivity index (χ1) is 26.4. The average Bonchev–Trinajstić information content (AvgIpc) is 3.17. The van der Waals surface area contributed by atoms with Crippen LogP contribution in [0.5, 0.6) is 0 Å². The number of carbonyl (C=O) groups is 3. The quantitative estimate of drug-likeness (QED) is 0.0262. The van der Waals surface area contributed by atoms with Crippen LogP contribution >= 0.6 is 0 Å². The number of ether oxygens (including phenoxy) is 3. The van der Waals surface area contributed by atoms with Crippen LogP contribution in [-0.2, 0) is 28.6 Å². The van der Waals surface area contributed by atoms with Gasteiger partial charge in [-0.3, -0.25) is 14.4 Å². The highest BCUT2D eigenvalue weighted by Crippen LogP contribution is 2.13. The molecule has 8 heteroatoms. The van der Waals surface area contributed by atoms with E-state index in [9.17, 15) is 14.4 Å². The highest BCUT2D eigenvalue weighted by Gasteiger charge is 2.17. The molecular formula is C46H90N2O6. The van der Waals surface area contributed by atoms with Gasteiger partial charge >= 0.3 is 17.9 Å². The zero-order chi connectivity index (χ0) is 39.6. The molecule has 0 aliphatic carbocycles. The lowest BCUT2D eigenvalue weighted by Crippen LogP contribution is -2.43. The Bertz CT molecular complexity index is 783. The van der Waals surface area contributed by atoms with Gasteiger partial charge in [0.2, 0.25) is 0 Å². The van der Waals surface area contributed by atoms with Gasteiger partial charge in [0.15, 0.2) is 0 Å². The molecule has 0 bridgehead atoms. The molecule has 0 saturated carbocycles. The van der Waals surface area contributed by atoms with Crippen molar-refractivity contribution in [2.75, 3.05) is 46.5 Å². The monoisotopic (exact) mass is 767 g/mol. The number of rotatable bonds is 43. The maximum absolute atomic E-state index is 12.6. The van der Waals surface area contributed by atoms with Crippen molar-refractivity contribution >= 4 is 17.9 Å². The van der Waals surface area contributed by atoms with Gasteiger partial charge in [0, 0.05) is 26.7 Å². The summed E-state index contributed by atoms with van der Waals surface area (Å²) in [5.41, 5.74) is 0. The smallest absolute Gasteiger partial charge is 0.307 e. The lowest BCUT2D eigenvalue weighted by atomic mass is 10.1. The molecule has 0 atom stereocenters. The van der Waals surface area contributed by atoms with Gasteiger partial charge < -0.3 is 14.2 Å². The van der Waals surface area contributed by atoms with Crippen LogP contribution in [0.3, 0.4) is 0 Å². The van der Waals surface area contributed by atoms with E-state index in [1.54, 1.807) is 0 Å². The van der Waals surface area contributed by atoms with E-state index < -0.39 is 0 Å². The molecule has 0 radical (unpaired) electrons. The molecule has 0 aliphatic rings. The summed E-state index contributed by atoms with van der Waals surface area (Å²) in [6.07, 6.45) is 38.0. The third-order valence-electron chi connectivity index (χ3n) is 10.6. The summed E-state index contributed by atoms with van der Waals surface area (Å²) in [7, 11) is 1.90. The van der Waals surface area contributed by atoms with Crippen molar-refractivity contribution in [2.24, 2.45) is 0 Å². The topological polar surface area (TPSA) is 85.4 Å². The highest BCUT2D eigenvalue weighted by atomic mass is 16.5. The van der Waals surface area contributed by atoms with E-state index in [0.717, 1.165) is 38.5 Å². The van der Waals surface area contributed by atoms with Gasteiger partial charge in [-0.15, -0.1) is 0 Å². The van der Waals surface area contributed by atoms with Gasteiger partial charge in [-0.25, -0.2) is 10.0 Å². The zero-order valence-corrected chi connectivity index (χ0v) is 36.4. The van der Waals surface area contributed by atoms with E-state index >= 15 is 0 Å². The summed E-state index contributed by atoms with van der Waals surface area (Å²) in [6, 6.07) is 0. The van der Waals surface area contributed by atoms with Crippen molar-refractivity contribution in [3.8, 4) is 0 Å². The Balaban J connectivity index is 4.44. The van der Waals surface area contributed by atoms with Gasteiger partial charge in [0.1, 0.15) is 0 Å². The third-order valence-corrected chi connectivity index (χ3v) is 10.6. The number of hydrogen-bond donors (Lipinski definition) is 0. The molecular weight excluding hydrogens is 677 g/mol. The average molecular weight is 767 g/mol. The first kappa shape index (κ1) is 52.3. The highest BCUT2D eigenvalue weighted by molar-refractivity contribution is 5.70. The van der Waals surface area contributed by atoms with Crippen molar-refractivity contribution in [3.05, 3.63) is 0 Å². The zero-order valence-electron chi connectivity index (χ0n) is 36.4. The predicted molar refractivity (Wildman–Crippen MR) is 226 cm³/mol. The summed E-state index contributed by atoms with van der Waals surface area (Å²) < 4.78 is 16.6. The fourth-order valence-corrected chi connectivity index (χ4v) is 6.83. The molecule has 0 rings (SSSR count). The molecule has 0 saturated heterocycles. The lowest BCUT2D eigenvalue weighted by molar-refractivity contribution is -0.149. The molecule has 0 fully saturated rings. The molecule has 8 nitrogen and oxygen atoms in total. The van der Waals surface area contributed by atoms with Crippen LogP contribution in [-0.4, -0.2) is 74.4 Å². The fraction of sp³-hybridized carbons (Fsp3) is 0.935. The minimum absolute atomic E-state index is 0.204. The van der Waals surface area contributed by atoms with Crippen LogP contribution in [0.15, 0.2) is 0 Å². The molecule has 0 unspecified atom stereocenters. The number of esters is 3. The van der Waals surface area contributed by atoms with Crippen LogP contribution < -0.4 is 0 Å². The number of carbonyl (C=O) groups excluding carboxylic acids is 3. The molecule has 54 heavy (non-hydrogen) atoms. The summed E-state index contributed by atoms with van der Waals surface area (Å²) in [6.45, 7) is 9.45. The van der Waals surface area contributed by atoms with Gasteiger partial charge in [0.25, 0.3) is 0 Å². The molecule has 0 spiro atoms. The number of nitrogens with zero attached hydrogens (tertiary/aromatic N) is 2. The largest absolute Gasteiger partial charge is 0.466 e. The molecule has 0 aromatic carbocycles. The second kappa shape index (κ2) is 42.5. The summed E-state index contributed by atoms with van der Waals surface area (Å²) in [4.78, 5) is 37.7. The molecule has 320 valence electrons. The van der Waals surface area contributed by atoms with Crippen molar-refractivity contribution in [1.29, 1.82) is 0 Å². The fourth-order valence-electron chi connectivity index (χ4n) is 6.83. The Labute approximate surface area is 334 Å². The maximum atomic E-state index is 12.6. The predicted octanol–water partition coefficient (Wildman–Crippen LogP) is 12.7. The second-order valence-electron chi connectivity index (χ2n) is 15.8. The molecule has 0 aliphatic heterocycles. The first-order valence-electron chi connectivity index (χ1n) is 23.4. The van der Waals surface area contributed by atoms with Gasteiger partial charge in [0.05, 0.1) is 39.1 Å². The SMILES string of the molecule is CCCCCCCCCCCCOC(=O)CCN(C)N(CCC(=O)OCCCCCCCCCCCC)CCC(=O)OCCCCCCCCCCCC. The van der Waals surface area contributed by atoms with Crippen LogP contribution in [0.2, 0.25) is 0 Å². The molecule has 0 aromatic rings. The Kier molecular flexibility index (Phi) is 41.2. The Morgan fingerprint density at radius 3 is 0.815 bits per heavy atom. The van der Waals surface area contributed by atoms with Crippen LogP contribution in [0, 0.1) is 0 Å². The van der Waals surface area contributed by atoms with Crippen molar-refractivity contribution < 1.29 is 28.6 Å². The maximum Gasteiger partial charge on any atom is 0.307 e. The summed E-state index contributed by atoms with van der Waals surface area (Å²) in [5, 5.41) is 3.91. The standard InChI is InChI=1S/C46H90N2O6/c1-5-8-11-14-17-20-23-26-29-32-41-52-44(49)35-38-47(4)48(39-36-45(50)53-42-33-30-27-24-21-18-15-12-9-6-2)40-37-46(51)54-43-34-31-28-25-22-19-16-13-10-7-3/h5-43H2,1-4H3. The molecule has 0 N–H and O–H groups in total. The van der Waals surface area contributed by atoms with E-state index in [1.165, 1.54) is 154 Å². The van der Waals surface area contributed by atoms with E-state index in [2.05, 4.69) is 20.8 Å². The molecule has 0 amide bonds. The van der Waals surface area contributed by atoms with Crippen molar-refractivity contribution in [3.63, 3.8) is 0 Å². The minimum atomic E-state index is -0.219. The van der Waals surface area contributed by atoms with Gasteiger partial charge in [-0.2, -0.15) is 0 Å². The molecule has 0 aromatic heterocycles. The summed E-state index contributed by atoms with van der Waals surface area (Å²) in [5.74, 6) is -0.642. The first-order valence-corrected chi connectivity index (χ1v) is 23.4. The Morgan fingerprint density at radius 1 is 0.333 bits per heavy atom. The number of hydrazine groups is 1. The van der Waals surface area contributed by atoms with Crippen molar-refractivity contribution in [2.45, 2.75) is 233 Å². The Morgan fingerprint density at radius 2 is 0.556 bits per heavy atom. The third kappa shape index (κ3) is 38.6. The summed E-state index contributed by atoms with van der Waals surface area (Å²) >= 11 is 0. The van der Waals surface area contributed by atoms with Gasteiger partial charge in [-0.1, -0.05) is 194 Å². The van der Waals surface area contributed by atoms with E-state index in [-0.39, 0.29) is 37.2 Å². The van der Waals surface area contributed by atoms with Crippen LogP contribution in [0.4, 0.5) is 0 Å². The van der Waals surface area contributed by atoms with Crippen molar-refractivity contribution in [1.82, 2.24) is 10.0 Å². The van der Waals surface area contributed by atoms with Gasteiger partial charge in [-0.05, 0) is 19.3 Å². The van der Waals surface area contributed by atoms with E-state index in [0.29, 0.717) is 39.5 Å². The number of unbranched alkanes of at least 4 members (excludes halogenated alkanes) is 27. The van der Waals surface area contributed by atoms with E-state index in [4.69, 9.17) is 14.2 Å². The normalized spacial score (nSPS) is 11.4. The second-order valence-corrected chi connectivity index (χ2v) is 15.8. The lowest BCUT2D eigenvalue weighted by Gasteiger charge is -2.31. The number of hydrogen-bond acceptors (Lipinski definition) is 8. The Hall–Kier alpha value is -1.67. The molecule has 0 heterocycles. The van der Waals surface area contributed by atoms with E-state index in [1.807, 2.05) is 17.1 Å². The van der Waals surface area contributed by atoms with Crippen LogP contribution in [0.25, 0.3) is 0 Å². The minimum Gasteiger partial charge on any atom is -0.466 e. The van der Waals surface area contributed by atoms with Crippen LogP contribution in [0.1, 0.15) is 233 Å².